The monoisotopic (exact) mass is 253 g/mol. The van der Waals surface area contributed by atoms with Gasteiger partial charge in [0.1, 0.15) is 0 Å². The third-order valence-electron chi connectivity index (χ3n) is 3.77. The smallest absolute Gasteiger partial charge is 0.0405 e. The van der Waals surface area contributed by atoms with E-state index < -0.39 is 0 Å². The second kappa shape index (κ2) is 6.42. The summed E-state index contributed by atoms with van der Waals surface area (Å²) < 4.78 is 0. The standard InChI is InChI=1S/C15H24ClN/c1-5-15(6-2,11-16)17-10-14-9-12(3)7-8-13(14)4/h7-9,17H,5-6,10-11H2,1-4H3. The van der Waals surface area contributed by atoms with Crippen molar-refractivity contribution < 1.29 is 0 Å². The van der Waals surface area contributed by atoms with Gasteiger partial charge in [-0.05, 0) is 37.8 Å². The fourth-order valence-electron chi connectivity index (χ4n) is 2.01. The highest BCUT2D eigenvalue weighted by Gasteiger charge is 2.23. The number of hydrogen-bond donors (Lipinski definition) is 1. The summed E-state index contributed by atoms with van der Waals surface area (Å²) in [5, 5.41) is 3.63. The van der Waals surface area contributed by atoms with Crippen molar-refractivity contribution in [3.05, 3.63) is 34.9 Å². The third kappa shape index (κ3) is 3.72. The topological polar surface area (TPSA) is 12.0 Å². The van der Waals surface area contributed by atoms with Gasteiger partial charge in [-0.15, -0.1) is 11.6 Å². The summed E-state index contributed by atoms with van der Waals surface area (Å²) in [6.45, 7) is 9.60. The second-order valence-corrected chi connectivity index (χ2v) is 5.17. The Labute approximate surface area is 111 Å². The highest BCUT2D eigenvalue weighted by atomic mass is 35.5. The van der Waals surface area contributed by atoms with E-state index in [1.54, 1.807) is 0 Å². The van der Waals surface area contributed by atoms with Crippen LogP contribution in [0.2, 0.25) is 0 Å². The first kappa shape index (κ1) is 14.5. The molecule has 0 amide bonds. The Kier molecular flexibility index (Phi) is 5.48. The van der Waals surface area contributed by atoms with Crippen LogP contribution >= 0.6 is 11.6 Å². The predicted octanol–water partition coefficient (Wildman–Crippen LogP) is 4.19. The van der Waals surface area contributed by atoms with Gasteiger partial charge >= 0.3 is 0 Å². The number of alkyl halides is 1. The number of rotatable bonds is 6. The zero-order chi connectivity index (χ0) is 12.9. The van der Waals surface area contributed by atoms with Gasteiger partial charge in [-0.3, -0.25) is 0 Å². The zero-order valence-corrected chi connectivity index (χ0v) is 12.2. The molecule has 0 atom stereocenters. The molecule has 0 spiro atoms. The van der Waals surface area contributed by atoms with Crippen molar-refractivity contribution in [3.8, 4) is 0 Å². The lowest BCUT2D eigenvalue weighted by Crippen LogP contribution is -2.45. The number of benzene rings is 1. The van der Waals surface area contributed by atoms with Crippen molar-refractivity contribution in [3.63, 3.8) is 0 Å². The highest BCUT2D eigenvalue weighted by Crippen LogP contribution is 2.19. The van der Waals surface area contributed by atoms with Crippen molar-refractivity contribution in [2.24, 2.45) is 0 Å². The minimum Gasteiger partial charge on any atom is -0.306 e. The number of aryl methyl sites for hydroxylation is 2. The van der Waals surface area contributed by atoms with Gasteiger partial charge in [0.05, 0.1) is 0 Å². The van der Waals surface area contributed by atoms with E-state index in [1.807, 2.05) is 0 Å². The van der Waals surface area contributed by atoms with E-state index in [1.165, 1.54) is 16.7 Å². The maximum Gasteiger partial charge on any atom is 0.0405 e. The van der Waals surface area contributed by atoms with Crippen LogP contribution in [0, 0.1) is 13.8 Å². The van der Waals surface area contributed by atoms with E-state index in [0.717, 1.165) is 19.4 Å². The van der Waals surface area contributed by atoms with Crippen molar-refractivity contribution in [2.45, 2.75) is 52.6 Å². The van der Waals surface area contributed by atoms with Crippen LogP contribution in [0.25, 0.3) is 0 Å². The van der Waals surface area contributed by atoms with E-state index in [2.05, 4.69) is 51.2 Å². The van der Waals surface area contributed by atoms with Crippen LogP contribution in [-0.2, 0) is 6.54 Å². The maximum absolute atomic E-state index is 6.10. The van der Waals surface area contributed by atoms with Gasteiger partial charge in [-0.2, -0.15) is 0 Å². The summed E-state index contributed by atoms with van der Waals surface area (Å²) in [7, 11) is 0. The molecule has 17 heavy (non-hydrogen) atoms. The molecule has 0 saturated carbocycles. The SMILES string of the molecule is CCC(CC)(CCl)NCc1cc(C)ccc1C. The lowest BCUT2D eigenvalue weighted by Gasteiger charge is -2.31. The van der Waals surface area contributed by atoms with Crippen LogP contribution in [0.3, 0.4) is 0 Å². The molecular weight excluding hydrogens is 230 g/mol. The van der Waals surface area contributed by atoms with Gasteiger partial charge < -0.3 is 5.32 Å². The zero-order valence-electron chi connectivity index (χ0n) is 11.4. The number of hydrogen-bond acceptors (Lipinski definition) is 1. The fraction of sp³-hybridized carbons (Fsp3) is 0.600. The Morgan fingerprint density at radius 1 is 1.18 bits per heavy atom. The van der Waals surface area contributed by atoms with E-state index in [9.17, 15) is 0 Å². The summed E-state index contributed by atoms with van der Waals surface area (Å²) in [5.74, 6) is 0.671. The molecule has 0 aliphatic carbocycles. The van der Waals surface area contributed by atoms with Gasteiger partial charge in [0.15, 0.2) is 0 Å². The van der Waals surface area contributed by atoms with Crippen molar-refractivity contribution in [1.82, 2.24) is 5.32 Å². The van der Waals surface area contributed by atoms with E-state index in [-0.39, 0.29) is 5.54 Å². The third-order valence-corrected chi connectivity index (χ3v) is 4.28. The lowest BCUT2D eigenvalue weighted by atomic mass is 9.94. The molecule has 0 aliphatic rings. The molecule has 0 radical (unpaired) electrons. The van der Waals surface area contributed by atoms with Crippen LogP contribution in [0.1, 0.15) is 43.4 Å². The number of halogens is 1. The minimum absolute atomic E-state index is 0.0811. The summed E-state index contributed by atoms with van der Waals surface area (Å²) >= 11 is 6.10. The molecule has 0 fully saturated rings. The Morgan fingerprint density at radius 3 is 2.35 bits per heavy atom. The first-order chi connectivity index (χ1) is 8.06. The lowest BCUT2D eigenvalue weighted by molar-refractivity contribution is 0.334. The maximum atomic E-state index is 6.10. The summed E-state index contributed by atoms with van der Waals surface area (Å²) in [6.07, 6.45) is 2.13. The van der Waals surface area contributed by atoms with Crippen LogP contribution in [-0.4, -0.2) is 11.4 Å². The first-order valence-electron chi connectivity index (χ1n) is 6.44. The molecule has 0 unspecified atom stereocenters. The molecule has 0 aliphatic heterocycles. The summed E-state index contributed by atoms with van der Waals surface area (Å²) in [6, 6.07) is 6.60. The molecule has 96 valence electrons. The van der Waals surface area contributed by atoms with E-state index >= 15 is 0 Å². The Hall–Kier alpha value is -0.530. The van der Waals surface area contributed by atoms with Crippen LogP contribution in [0.5, 0.6) is 0 Å². The van der Waals surface area contributed by atoms with Crippen LogP contribution in [0.15, 0.2) is 18.2 Å². The van der Waals surface area contributed by atoms with Crippen molar-refractivity contribution in [2.75, 3.05) is 5.88 Å². The molecule has 2 heteroatoms. The highest BCUT2D eigenvalue weighted by molar-refractivity contribution is 6.18. The average Bonchev–Trinajstić information content (AvgIpc) is 2.35. The van der Waals surface area contributed by atoms with Gasteiger partial charge in [0, 0.05) is 18.0 Å². The Balaban J connectivity index is 2.75. The van der Waals surface area contributed by atoms with Crippen molar-refractivity contribution >= 4 is 11.6 Å². The molecule has 0 bridgehead atoms. The van der Waals surface area contributed by atoms with E-state index in [0.29, 0.717) is 5.88 Å². The molecule has 0 aromatic heterocycles. The van der Waals surface area contributed by atoms with Gasteiger partial charge in [0.2, 0.25) is 0 Å². The molecular formula is C15H24ClN. The molecule has 1 N–H and O–H groups in total. The Bertz CT molecular complexity index is 348. The summed E-state index contributed by atoms with van der Waals surface area (Å²) in [5.41, 5.74) is 4.12. The molecule has 0 saturated heterocycles. The van der Waals surface area contributed by atoms with Gasteiger partial charge in [-0.25, -0.2) is 0 Å². The number of nitrogens with one attached hydrogen (secondary N) is 1. The molecule has 1 aromatic rings. The molecule has 1 rings (SSSR count). The Morgan fingerprint density at radius 2 is 1.82 bits per heavy atom. The predicted molar refractivity (Wildman–Crippen MR) is 76.8 cm³/mol. The second-order valence-electron chi connectivity index (χ2n) is 4.90. The summed E-state index contributed by atoms with van der Waals surface area (Å²) in [4.78, 5) is 0. The minimum atomic E-state index is 0.0811. The van der Waals surface area contributed by atoms with Crippen LogP contribution in [0.4, 0.5) is 0 Å². The van der Waals surface area contributed by atoms with Crippen molar-refractivity contribution in [1.29, 1.82) is 0 Å². The normalized spacial score (nSPS) is 11.8. The average molecular weight is 254 g/mol. The molecule has 1 aromatic carbocycles. The van der Waals surface area contributed by atoms with E-state index in [4.69, 9.17) is 11.6 Å². The fourth-order valence-corrected chi connectivity index (χ4v) is 2.48. The largest absolute Gasteiger partial charge is 0.306 e. The van der Waals surface area contributed by atoms with Gasteiger partial charge in [-0.1, -0.05) is 37.6 Å². The van der Waals surface area contributed by atoms with Gasteiger partial charge in [0.25, 0.3) is 0 Å². The molecule has 1 nitrogen and oxygen atoms in total. The molecule has 0 heterocycles. The first-order valence-corrected chi connectivity index (χ1v) is 6.97. The van der Waals surface area contributed by atoms with Crippen LogP contribution < -0.4 is 5.32 Å². The quantitative estimate of drug-likeness (QED) is 0.750.